The highest BCUT2D eigenvalue weighted by molar-refractivity contribution is 6.33. The lowest BCUT2D eigenvalue weighted by molar-refractivity contribution is 0.0624. The summed E-state index contributed by atoms with van der Waals surface area (Å²) in [6, 6.07) is 8.53. The zero-order valence-electron chi connectivity index (χ0n) is 13.3. The molecule has 1 aliphatic rings. The summed E-state index contributed by atoms with van der Waals surface area (Å²) >= 11 is 12.0. The first kappa shape index (κ1) is 18.1. The first-order valence-corrected chi connectivity index (χ1v) is 8.61. The van der Waals surface area contributed by atoms with Crippen molar-refractivity contribution in [1.82, 2.24) is 9.80 Å². The van der Waals surface area contributed by atoms with Gasteiger partial charge < -0.3 is 4.90 Å². The Labute approximate surface area is 154 Å². The summed E-state index contributed by atoms with van der Waals surface area (Å²) < 4.78 is 27.0. The van der Waals surface area contributed by atoms with Gasteiger partial charge in [-0.3, -0.25) is 9.69 Å². The second-order valence-electron chi connectivity index (χ2n) is 5.90. The summed E-state index contributed by atoms with van der Waals surface area (Å²) in [7, 11) is 0. The summed E-state index contributed by atoms with van der Waals surface area (Å²) in [5.74, 6) is -1.38. The number of nitrogens with zero attached hydrogens (tertiary/aromatic N) is 2. The van der Waals surface area contributed by atoms with Gasteiger partial charge in [0.25, 0.3) is 5.91 Å². The third-order valence-corrected chi connectivity index (χ3v) is 4.91. The van der Waals surface area contributed by atoms with Crippen molar-refractivity contribution >= 4 is 29.1 Å². The third kappa shape index (κ3) is 4.11. The van der Waals surface area contributed by atoms with Crippen molar-refractivity contribution in [2.45, 2.75) is 6.54 Å². The predicted octanol–water partition coefficient (Wildman–Crippen LogP) is 4.23. The Bertz CT molecular complexity index is 772. The number of carbonyl (C=O) groups is 1. The van der Waals surface area contributed by atoms with Crippen LogP contribution >= 0.6 is 23.2 Å². The smallest absolute Gasteiger partial charge is 0.258 e. The van der Waals surface area contributed by atoms with Gasteiger partial charge in [0, 0.05) is 37.7 Å². The van der Waals surface area contributed by atoms with Crippen molar-refractivity contribution in [2.75, 3.05) is 26.2 Å². The van der Waals surface area contributed by atoms with E-state index in [9.17, 15) is 13.6 Å². The van der Waals surface area contributed by atoms with E-state index in [0.29, 0.717) is 37.7 Å². The molecule has 0 saturated carbocycles. The van der Waals surface area contributed by atoms with Crippen LogP contribution in [0.3, 0.4) is 0 Å². The molecule has 0 unspecified atom stereocenters. The summed E-state index contributed by atoms with van der Waals surface area (Å²) in [4.78, 5) is 16.2. The summed E-state index contributed by atoms with van der Waals surface area (Å²) in [6.45, 7) is 2.73. The second kappa shape index (κ2) is 7.68. The maximum atomic E-state index is 13.9. The first-order valence-electron chi connectivity index (χ1n) is 7.85. The second-order valence-corrected chi connectivity index (χ2v) is 6.72. The van der Waals surface area contributed by atoms with E-state index in [1.54, 1.807) is 11.0 Å². The van der Waals surface area contributed by atoms with Crippen molar-refractivity contribution in [3.8, 4) is 0 Å². The molecule has 0 aromatic heterocycles. The molecule has 7 heteroatoms. The molecule has 1 aliphatic heterocycles. The van der Waals surface area contributed by atoms with Gasteiger partial charge in [0.1, 0.15) is 11.6 Å². The Morgan fingerprint density at radius 1 is 1.00 bits per heavy atom. The number of halogens is 4. The van der Waals surface area contributed by atoms with Crippen LogP contribution in [-0.2, 0) is 6.54 Å². The number of hydrogen-bond acceptors (Lipinski definition) is 2. The summed E-state index contributed by atoms with van der Waals surface area (Å²) in [5, 5.41) is 0.502. The summed E-state index contributed by atoms with van der Waals surface area (Å²) in [6.07, 6.45) is 0. The lowest BCUT2D eigenvalue weighted by atomic mass is 10.1. The van der Waals surface area contributed by atoms with E-state index in [4.69, 9.17) is 23.2 Å². The van der Waals surface area contributed by atoms with E-state index in [2.05, 4.69) is 4.90 Å². The number of rotatable bonds is 3. The Balaban J connectivity index is 1.63. The van der Waals surface area contributed by atoms with Crippen molar-refractivity contribution in [2.24, 2.45) is 0 Å². The minimum atomic E-state index is -0.613. The molecule has 0 aliphatic carbocycles. The molecule has 2 aromatic rings. The molecule has 0 radical (unpaired) electrons. The largest absolute Gasteiger partial charge is 0.336 e. The van der Waals surface area contributed by atoms with Crippen LogP contribution < -0.4 is 0 Å². The molecule has 25 heavy (non-hydrogen) atoms. The maximum Gasteiger partial charge on any atom is 0.258 e. The van der Waals surface area contributed by atoms with Crippen LogP contribution in [0.2, 0.25) is 10.0 Å². The van der Waals surface area contributed by atoms with Gasteiger partial charge in [-0.25, -0.2) is 8.78 Å². The number of piperazine rings is 1. The molecule has 2 aromatic carbocycles. The van der Waals surface area contributed by atoms with Gasteiger partial charge in [0.05, 0.1) is 10.6 Å². The average Bonchev–Trinajstić information content (AvgIpc) is 2.58. The quantitative estimate of drug-likeness (QED) is 0.790. The molecular weight excluding hydrogens is 369 g/mol. The highest BCUT2D eigenvalue weighted by Gasteiger charge is 2.26. The standard InChI is InChI=1S/C18H16Cl2F2N2O/c19-14-2-1-3-16(22)17(14)18(25)24-8-6-23(7-9-24)11-12-4-5-13(21)10-15(12)20/h1-5,10H,6-9,11H2. The fourth-order valence-electron chi connectivity index (χ4n) is 2.86. The molecule has 0 N–H and O–H groups in total. The van der Waals surface area contributed by atoms with E-state index >= 15 is 0 Å². The molecule has 0 atom stereocenters. The molecule has 1 saturated heterocycles. The molecule has 1 fully saturated rings. The van der Waals surface area contributed by atoms with Crippen LogP contribution in [0.15, 0.2) is 36.4 Å². The molecule has 3 rings (SSSR count). The lowest BCUT2D eigenvalue weighted by Gasteiger charge is -2.35. The topological polar surface area (TPSA) is 23.6 Å². The average molecular weight is 385 g/mol. The van der Waals surface area contributed by atoms with Crippen LogP contribution in [0.25, 0.3) is 0 Å². The monoisotopic (exact) mass is 384 g/mol. The highest BCUT2D eigenvalue weighted by atomic mass is 35.5. The van der Waals surface area contributed by atoms with Gasteiger partial charge in [0.15, 0.2) is 0 Å². The van der Waals surface area contributed by atoms with Crippen LogP contribution in [0.1, 0.15) is 15.9 Å². The van der Waals surface area contributed by atoms with Crippen LogP contribution in [0.4, 0.5) is 8.78 Å². The Hall–Kier alpha value is -1.69. The fraction of sp³-hybridized carbons (Fsp3) is 0.278. The fourth-order valence-corrected chi connectivity index (χ4v) is 3.33. The minimum Gasteiger partial charge on any atom is -0.336 e. The molecule has 3 nitrogen and oxygen atoms in total. The van der Waals surface area contributed by atoms with Crippen LogP contribution in [0.5, 0.6) is 0 Å². The molecule has 1 amide bonds. The zero-order valence-corrected chi connectivity index (χ0v) is 14.8. The summed E-state index contributed by atoms with van der Waals surface area (Å²) in [5.41, 5.74) is 0.749. The number of carbonyl (C=O) groups excluding carboxylic acids is 1. The first-order chi connectivity index (χ1) is 12.0. The number of benzene rings is 2. The predicted molar refractivity (Wildman–Crippen MR) is 94.0 cm³/mol. The SMILES string of the molecule is O=C(c1c(F)cccc1Cl)N1CCN(Cc2ccc(F)cc2Cl)CC1. The van der Waals surface area contributed by atoms with E-state index in [-0.39, 0.29) is 16.4 Å². The van der Waals surface area contributed by atoms with E-state index < -0.39 is 11.7 Å². The number of hydrogen-bond donors (Lipinski definition) is 0. The van der Waals surface area contributed by atoms with Gasteiger partial charge in [0.2, 0.25) is 0 Å². The van der Waals surface area contributed by atoms with Crippen LogP contribution in [-0.4, -0.2) is 41.9 Å². The number of amides is 1. The molecule has 1 heterocycles. The van der Waals surface area contributed by atoms with E-state index in [0.717, 1.165) is 5.56 Å². The Kier molecular flexibility index (Phi) is 5.57. The molecule has 0 bridgehead atoms. The van der Waals surface area contributed by atoms with Crippen molar-refractivity contribution in [3.63, 3.8) is 0 Å². The van der Waals surface area contributed by atoms with Gasteiger partial charge in [-0.2, -0.15) is 0 Å². The molecule has 132 valence electrons. The van der Waals surface area contributed by atoms with Gasteiger partial charge >= 0.3 is 0 Å². The van der Waals surface area contributed by atoms with Gasteiger partial charge in [-0.15, -0.1) is 0 Å². The van der Waals surface area contributed by atoms with Crippen LogP contribution in [0, 0.1) is 11.6 Å². The Morgan fingerprint density at radius 3 is 2.36 bits per heavy atom. The third-order valence-electron chi connectivity index (χ3n) is 4.25. The minimum absolute atomic E-state index is 0.0841. The van der Waals surface area contributed by atoms with Crippen molar-refractivity contribution < 1.29 is 13.6 Å². The van der Waals surface area contributed by atoms with Crippen molar-refractivity contribution in [1.29, 1.82) is 0 Å². The normalized spacial score (nSPS) is 15.4. The molecule has 0 spiro atoms. The van der Waals surface area contributed by atoms with Crippen molar-refractivity contribution in [3.05, 3.63) is 69.2 Å². The van der Waals surface area contributed by atoms with Gasteiger partial charge in [-0.1, -0.05) is 35.3 Å². The molecular formula is C18H16Cl2F2N2O. The maximum absolute atomic E-state index is 13.9. The lowest BCUT2D eigenvalue weighted by Crippen LogP contribution is -2.48. The van der Waals surface area contributed by atoms with Gasteiger partial charge in [-0.05, 0) is 29.8 Å². The van der Waals surface area contributed by atoms with E-state index in [1.165, 1.54) is 30.3 Å². The zero-order chi connectivity index (χ0) is 18.0. The van der Waals surface area contributed by atoms with E-state index in [1.807, 2.05) is 0 Å². The highest BCUT2D eigenvalue weighted by Crippen LogP contribution is 2.23. The Morgan fingerprint density at radius 2 is 1.72 bits per heavy atom.